The highest BCUT2D eigenvalue weighted by molar-refractivity contribution is 6.10. The minimum Gasteiger partial charge on any atom is -0.497 e. The Kier molecular flexibility index (Phi) is 6.61. The van der Waals surface area contributed by atoms with Gasteiger partial charge in [0.1, 0.15) is 5.75 Å². The number of methoxy groups -OCH3 is 1. The summed E-state index contributed by atoms with van der Waals surface area (Å²) < 4.78 is 12.5. The van der Waals surface area contributed by atoms with E-state index < -0.39 is 0 Å². The van der Waals surface area contributed by atoms with Crippen LogP contribution in [0.15, 0.2) is 170 Å². The first-order valence-corrected chi connectivity index (χ1v) is 17.0. The fourth-order valence-corrected chi connectivity index (χ4v) is 7.63. The Labute approximate surface area is 294 Å². The molecule has 0 aliphatic carbocycles. The van der Waals surface area contributed by atoms with E-state index in [9.17, 15) is 0 Å². The minimum atomic E-state index is 0.732. The number of nitrogens with zero attached hydrogens (tertiary/aromatic N) is 5. The van der Waals surface area contributed by atoms with Crippen LogP contribution in [0, 0.1) is 0 Å². The van der Waals surface area contributed by atoms with Gasteiger partial charge in [-0.1, -0.05) is 103 Å². The van der Waals surface area contributed by atoms with Gasteiger partial charge in [-0.3, -0.25) is 4.57 Å². The monoisotopic (exact) mass is 657 g/mol. The van der Waals surface area contributed by atoms with Gasteiger partial charge in [-0.05, 0) is 66.7 Å². The number of hydrogen-bond acceptors (Lipinski definition) is 3. The summed E-state index contributed by atoms with van der Waals surface area (Å²) in [4.78, 5) is 0. The van der Waals surface area contributed by atoms with Crippen molar-refractivity contribution in [3.63, 3.8) is 0 Å². The topological polar surface area (TPSA) is 49.8 Å². The first-order valence-electron chi connectivity index (χ1n) is 17.0. The van der Waals surface area contributed by atoms with Crippen LogP contribution in [0.3, 0.4) is 0 Å². The van der Waals surface area contributed by atoms with E-state index in [2.05, 4.69) is 141 Å². The molecule has 51 heavy (non-hydrogen) atoms. The smallest absolute Gasteiger partial charge is 0.169 e. The number of ether oxygens (including phenoxy) is 1. The van der Waals surface area contributed by atoms with Gasteiger partial charge in [0.25, 0.3) is 0 Å². The zero-order valence-electron chi connectivity index (χ0n) is 27.8. The Hall–Kier alpha value is -6.92. The molecule has 0 aliphatic rings. The summed E-state index contributed by atoms with van der Waals surface area (Å²) in [6, 6.07) is 59.6. The van der Waals surface area contributed by atoms with E-state index in [0.717, 1.165) is 67.7 Å². The molecule has 3 aromatic heterocycles. The molecule has 0 radical (unpaired) electrons. The first-order chi connectivity index (χ1) is 25.3. The Morgan fingerprint density at radius 3 is 1.31 bits per heavy atom. The molecular formula is C45H31N5O. The van der Waals surface area contributed by atoms with Gasteiger partial charge in [0.05, 0.1) is 29.2 Å². The maximum absolute atomic E-state index is 5.61. The third kappa shape index (κ3) is 4.57. The molecule has 0 aliphatic heterocycles. The van der Waals surface area contributed by atoms with Crippen molar-refractivity contribution in [3.05, 3.63) is 170 Å². The van der Waals surface area contributed by atoms with E-state index in [-0.39, 0.29) is 0 Å². The van der Waals surface area contributed by atoms with E-state index in [1.807, 2.05) is 42.5 Å². The number of para-hydroxylation sites is 5. The van der Waals surface area contributed by atoms with Crippen molar-refractivity contribution < 1.29 is 4.74 Å². The standard InChI is InChI=1S/C45H31N5O/c1-51-35-17-13-14-30(28-35)44-46-47-45(50(44)32-15-3-2-4-16-32)31-26-33(48-40-22-9-5-18-36(40)37-19-6-10-23-41(37)48)29-34(27-31)49-42-24-11-7-20-38(42)39-21-8-12-25-43(39)49/h2-29H,1H3. The average molecular weight is 658 g/mol. The van der Waals surface area contributed by atoms with Crippen molar-refractivity contribution in [2.45, 2.75) is 0 Å². The highest BCUT2D eigenvalue weighted by Crippen LogP contribution is 2.38. The molecule has 0 N–H and O–H groups in total. The van der Waals surface area contributed by atoms with Crippen molar-refractivity contribution in [3.8, 4) is 45.6 Å². The van der Waals surface area contributed by atoms with E-state index in [4.69, 9.17) is 14.9 Å². The van der Waals surface area contributed by atoms with Crippen LogP contribution < -0.4 is 4.74 Å². The maximum Gasteiger partial charge on any atom is 0.169 e. The largest absolute Gasteiger partial charge is 0.497 e. The average Bonchev–Trinajstić information content (AvgIpc) is 3.89. The molecule has 10 rings (SSSR count). The van der Waals surface area contributed by atoms with Crippen LogP contribution in [-0.4, -0.2) is 31.0 Å². The Morgan fingerprint density at radius 2 is 0.824 bits per heavy atom. The molecule has 242 valence electrons. The molecule has 6 heteroatoms. The van der Waals surface area contributed by atoms with Gasteiger partial charge in [-0.25, -0.2) is 0 Å². The fraction of sp³-hybridized carbons (Fsp3) is 0.0222. The molecular weight excluding hydrogens is 627 g/mol. The maximum atomic E-state index is 5.61. The molecule has 6 nitrogen and oxygen atoms in total. The second-order valence-electron chi connectivity index (χ2n) is 12.7. The summed E-state index contributed by atoms with van der Waals surface area (Å²) in [5.74, 6) is 2.23. The van der Waals surface area contributed by atoms with Crippen molar-refractivity contribution in [2.75, 3.05) is 7.11 Å². The predicted octanol–water partition coefficient (Wildman–Crippen LogP) is 10.8. The Bertz CT molecular complexity index is 2680. The van der Waals surface area contributed by atoms with Crippen LogP contribution >= 0.6 is 0 Å². The quantitative estimate of drug-likeness (QED) is 0.179. The lowest BCUT2D eigenvalue weighted by Gasteiger charge is -2.16. The minimum absolute atomic E-state index is 0.732. The van der Waals surface area contributed by atoms with Crippen LogP contribution in [0.25, 0.3) is 83.4 Å². The van der Waals surface area contributed by atoms with E-state index in [1.165, 1.54) is 21.5 Å². The van der Waals surface area contributed by atoms with Crippen molar-refractivity contribution in [1.82, 2.24) is 23.9 Å². The summed E-state index contributed by atoms with van der Waals surface area (Å²) in [5.41, 5.74) is 9.47. The van der Waals surface area contributed by atoms with E-state index in [1.54, 1.807) is 7.11 Å². The molecule has 10 aromatic rings. The number of benzene rings is 7. The first kappa shape index (κ1) is 29.0. The zero-order chi connectivity index (χ0) is 33.9. The van der Waals surface area contributed by atoms with Gasteiger partial charge in [0.15, 0.2) is 11.6 Å². The molecule has 3 heterocycles. The molecule has 0 amide bonds. The number of hydrogen-bond donors (Lipinski definition) is 0. The highest BCUT2D eigenvalue weighted by atomic mass is 16.5. The molecule has 0 saturated carbocycles. The lowest BCUT2D eigenvalue weighted by atomic mass is 10.1. The van der Waals surface area contributed by atoms with Gasteiger partial charge in [-0.2, -0.15) is 0 Å². The SMILES string of the molecule is COc1cccc(-c2nnc(-c3cc(-n4c5ccccc5c5ccccc54)cc(-n4c5ccccc5c5ccccc54)c3)n2-c2ccccc2)c1. The summed E-state index contributed by atoms with van der Waals surface area (Å²) in [7, 11) is 1.68. The van der Waals surface area contributed by atoms with Crippen LogP contribution in [0.4, 0.5) is 0 Å². The van der Waals surface area contributed by atoms with E-state index in [0.29, 0.717) is 0 Å². The number of rotatable bonds is 6. The second-order valence-corrected chi connectivity index (χ2v) is 12.7. The van der Waals surface area contributed by atoms with E-state index >= 15 is 0 Å². The summed E-state index contributed by atoms with van der Waals surface area (Å²) in [5, 5.41) is 14.6. The molecule has 0 saturated heterocycles. The van der Waals surface area contributed by atoms with Gasteiger partial charge in [0, 0.05) is 49.7 Å². The molecule has 7 aromatic carbocycles. The van der Waals surface area contributed by atoms with Gasteiger partial charge in [-0.15, -0.1) is 10.2 Å². The predicted molar refractivity (Wildman–Crippen MR) is 207 cm³/mol. The molecule has 0 spiro atoms. The summed E-state index contributed by atoms with van der Waals surface area (Å²) in [6.45, 7) is 0. The van der Waals surface area contributed by atoms with Gasteiger partial charge >= 0.3 is 0 Å². The van der Waals surface area contributed by atoms with Crippen LogP contribution in [0.5, 0.6) is 5.75 Å². The van der Waals surface area contributed by atoms with Crippen LogP contribution in [0.1, 0.15) is 0 Å². The number of fused-ring (bicyclic) bond motifs is 6. The lowest BCUT2D eigenvalue weighted by molar-refractivity contribution is 0.415. The summed E-state index contributed by atoms with van der Waals surface area (Å²) >= 11 is 0. The van der Waals surface area contributed by atoms with Gasteiger partial charge in [0.2, 0.25) is 0 Å². The van der Waals surface area contributed by atoms with Crippen LogP contribution in [-0.2, 0) is 0 Å². The molecule has 0 unspecified atom stereocenters. The number of aromatic nitrogens is 5. The molecule has 0 atom stereocenters. The van der Waals surface area contributed by atoms with Gasteiger partial charge < -0.3 is 13.9 Å². The fourth-order valence-electron chi connectivity index (χ4n) is 7.63. The normalized spacial score (nSPS) is 11.6. The van der Waals surface area contributed by atoms with Crippen molar-refractivity contribution >= 4 is 43.6 Å². The Morgan fingerprint density at radius 1 is 0.373 bits per heavy atom. The lowest BCUT2D eigenvalue weighted by Crippen LogP contribution is -2.03. The van der Waals surface area contributed by atoms with Crippen molar-refractivity contribution in [2.24, 2.45) is 0 Å². The third-order valence-electron chi connectivity index (χ3n) is 9.84. The second kappa shape index (κ2) is 11.6. The Balaban J connectivity index is 1.32. The summed E-state index contributed by atoms with van der Waals surface area (Å²) in [6.07, 6.45) is 0. The molecule has 0 fully saturated rings. The molecule has 0 bridgehead atoms. The van der Waals surface area contributed by atoms with Crippen LogP contribution in [0.2, 0.25) is 0 Å². The third-order valence-corrected chi connectivity index (χ3v) is 9.84. The zero-order valence-corrected chi connectivity index (χ0v) is 27.8. The van der Waals surface area contributed by atoms with Crippen molar-refractivity contribution in [1.29, 1.82) is 0 Å². The highest BCUT2D eigenvalue weighted by Gasteiger charge is 2.22.